The molecule has 1 aromatic heterocycles. The number of nitrogens with zero attached hydrogens (tertiary/aromatic N) is 1. The van der Waals surface area contributed by atoms with Crippen molar-refractivity contribution in [1.29, 1.82) is 0 Å². The van der Waals surface area contributed by atoms with Crippen LogP contribution >= 0.6 is 0 Å². The summed E-state index contributed by atoms with van der Waals surface area (Å²) in [5.74, 6) is 0. The summed E-state index contributed by atoms with van der Waals surface area (Å²) >= 11 is 0. The van der Waals surface area contributed by atoms with Gasteiger partial charge in [-0.15, -0.1) is 0 Å². The van der Waals surface area contributed by atoms with Crippen molar-refractivity contribution >= 4 is 28.0 Å². The molecule has 0 aliphatic heterocycles. The molecular weight excluding hydrogens is 727 g/mol. The van der Waals surface area contributed by atoms with Crippen LogP contribution < -0.4 is 4.90 Å². The van der Waals surface area contributed by atoms with E-state index in [2.05, 4.69) is 235 Å². The molecule has 12 rings (SSSR count). The molecule has 0 amide bonds. The Labute approximate surface area is 350 Å². The first-order valence-electron chi connectivity index (χ1n) is 20.8. The fourth-order valence-electron chi connectivity index (χ4n) is 10.8. The maximum atomic E-state index is 5.93. The van der Waals surface area contributed by atoms with Crippen molar-refractivity contribution in [2.75, 3.05) is 4.90 Å². The van der Waals surface area contributed by atoms with Gasteiger partial charge in [0.2, 0.25) is 0 Å². The normalized spacial score (nSPS) is 13.9. The van der Waals surface area contributed by atoms with E-state index in [0.29, 0.717) is 0 Å². The Hall–Kier alpha value is -7.68. The zero-order valence-corrected chi connectivity index (χ0v) is 32.9. The summed E-state index contributed by atoms with van der Waals surface area (Å²) in [5, 5.41) is 1.06. The summed E-state index contributed by atoms with van der Waals surface area (Å²) in [6, 6.07) is 85.0. The minimum absolute atomic E-state index is 0.544. The van der Waals surface area contributed by atoms with Crippen LogP contribution in [0.25, 0.3) is 33.2 Å². The van der Waals surface area contributed by atoms with Crippen molar-refractivity contribution in [1.82, 2.24) is 0 Å². The topological polar surface area (TPSA) is 16.4 Å². The Morgan fingerprint density at radius 1 is 0.333 bits per heavy atom. The standard InChI is InChI=1S/C58H39NO/c1-5-18-41(19-6-1)57(42-20-7-2-8-21-42)51-29-15-13-26-47(51)49-34-32-46(39-53(49)57)59(45-33-35-55-40(38-45)36-37-60-55)54-31-17-28-50-48-27-14-16-30-52(48)58(56(50)54,43-22-9-3-10-23-43)44-24-11-4-12-25-44/h1-39H. The van der Waals surface area contributed by atoms with Gasteiger partial charge in [-0.1, -0.05) is 188 Å². The molecule has 2 aliphatic carbocycles. The van der Waals surface area contributed by atoms with Gasteiger partial charge in [-0.2, -0.15) is 0 Å². The third kappa shape index (κ3) is 4.76. The molecule has 0 saturated heterocycles. The zero-order chi connectivity index (χ0) is 39.7. The quantitative estimate of drug-likeness (QED) is 0.161. The van der Waals surface area contributed by atoms with E-state index in [1.807, 2.05) is 0 Å². The fraction of sp³-hybridized carbons (Fsp3) is 0.0345. The molecule has 0 N–H and O–H groups in total. The Morgan fingerprint density at radius 2 is 0.800 bits per heavy atom. The monoisotopic (exact) mass is 765 g/mol. The lowest BCUT2D eigenvalue weighted by Gasteiger charge is -2.38. The molecule has 0 fully saturated rings. The van der Waals surface area contributed by atoms with Crippen molar-refractivity contribution in [2.24, 2.45) is 0 Å². The third-order valence-corrected chi connectivity index (χ3v) is 13.1. The zero-order valence-electron chi connectivity index (χ0n) is 32.9. The predicted molar refractivity (Wildman–Crippen MR) is 246 cm³/mol. The van der Waals surface area contributed by atoms with Crippen LogP contribution in [0.15, 0.2) is 241 Å². The molecule has 282 valence electrons. The molecule has 0 atom stereocenters. The van der Waals surface area contributed by atoms with E-state index in [-0.39, 0.29) is 0 Å². The summed E-state index contributed by atoms with van der Waals surface area (Å²) < 4.78 is 5.93. The van der Waals surface area contributed by atoms with Crippen molar-refractivity contribution in [3.8, 4) is 22.3 Å². The largest absolute Gasteiger partial charge is 0.464 e. The van der Waals surface area contributed by atoms with Gasteiger partial charge in [0.1, 0.15) is 5.58 Å². The smallest absolute Gasteiger partial charge is 0.133 e. The van der Waals surface area contributed by atoms with Gasteiger partial charge in [0.25, 0.3) is 0 Å². The molecule has 0 bridgehead atoms. The Balaban J connectivity index is 1.20. The van der Waals surface area contributed by atoms with Crippen molar-refractivity contribution < 1.29 is 4.42 Å². The fourth-order valence-corrected chi connectivity index (χ4v) is 10.8. The molecule has 2 aliphatic rings. The number of hydrogen-bond acceptors (Lipinski definition) is 2. The van der Waals surface area contributed by atoms with E-state index in [1.54, 1.807) is 6.26 Å². The number of furan rings is 1. The summed E-state index contributed by atoms with van der Waals surface area (Å²) in [6.45, 7) is 0. The molecule has 2 heteroatoms. The number of benzene rings is 9. The van der Waals surface area contributed by atoms with Gasteiger partial charge >= 0.3 is 0 Å². The van der Waals surface area contributed by atoms with E-state index >= 15 is 0 Å². The van der Waals surface area contributed by atoms with Gasteiger partial charge in [-0.25, -0.2) is 0 Å². The SMILES string of the molecule is c1ccc(C2(c3ccccc3)c3ccccc3-c3ccc(N(c4ccc5occc5c4)c4cccc5c4C(c4ccccc4)(c4ccccc4)c4ccccc4-5)cc32)cc1. The van der Waals surface area contributed by atoms with Gasteiger partial charge in [0.05, 0.1) is 22.8 Å². The second-order valence-corrected chi connectivity index (χ2v) is 16.0. The van der Waals surface area contributed by atoms with E-state index in [0.717, 1.165) is 28.0 Å². The van der Waals surface area contributed by atoms with E-state index in [4.69, 9.17) is 4.42 Å². The first-order chi connectivity index (χ1) is 29.8. The minimum atomic E-state index is -0.603. The lowest BCUT2D eigenvalue weighted by atomic mass is 9.67. The number of rotatable bonds is 7. The Morgan fingerprint density at radius 3 is 1.42 bits per heavy atom. The average Bonchev–Trinajstić information content (AvgIpc) is 4.01. The number of fused-ring (bicyclic) bond motifs is 7. The molecular formula is C58H39NO. The van der Waals surface area contributed by atoms with E-state index < -0.39 is 10.8 Å². The number of anilines is 3. The Kier molecular flexibility index (Phi) is 7.70. The maximum absolute atomic E-state index is 5.93. The maximum Gasteiger partial charge on any atom is 0.133 e. The molecule has 0 saturated carbocycles. The molecule has 2 nitrogen and oxygen atoms in total. The summed E-state index contributed by atoms with van der Waals surface area (Å²) in [6.07, 6.45) is 1.78. The first-order valence-corrected chi connectivity index (χ1v) is 20.8. The highest BCUT2D eigenvalue weighted by molar-refractivity contribution is 5.97. The van der Waals surface area contributed by atoms with Gasteiger partial charge < -0.3 is 9.32 Å². The van der Waals surface area contributed by atoms with Gasteiger partial charge in [-0.3, -0.25) is 0 Å². The van der Waals surface area contributed by atoms with Crippen LogP contribution in [0.3, 0.4) is 0 Å². The first kappa shape index (κ1) is 34.4. The van der Waals surface area contributed by atoms with E-state index in [9.17, 15) is 0 Å². The van der Waals surface area contributed by atoms with Crippen LogP contribution in [-0.4, -0.2) is 0 Å². The van der Waals surface area contributed by atoms with E-state index in [1.165, 1.54) is 66.8 Å². The molecule has 0 unspecified atom stereocenters. The molecule has 60 heavy (non-hydrogen) atoms. The van der Waals surface area contributed by atoms with Crippen LogP contribution in [-0.2, 0) is 10.8 Å². The third-order valence-electron chi connectivity index (χ3n) is 13.1. The van der Waals surface area contributed by atoms with Crippen LogP contribution in [0.1, 0.15) is 44.5 Å². The van der Waals surface area contributed by atoms with Gasteiger partial charge in [0, 0.05) is 22.3 Å². The Bertz CT molecular complexity index is 3120. The van der Waals surface area contributed by atoms with Crippen LogP contribution in [0.2, 0.25) is 0 Å². The summed E-state index contributed by atoms with van der Waals surface area (Å²) in [7, 11) is 0. The highest BCUT2D eigenvalue weighted by Crippen LogP contribution is 2.61. The number of hydrogen-bond donors (Lipinski definition) is 0. The molecule has 9 aromatic carbocycles. The highest BCUT2D eigenvalue weighted by atomic mass is 16.3. The second-order valence-electron chi connectivity index (χ2n) is 16.0. The van der Waals surface area contributed by atoms with Crippen LogP contribution in [0.4, 0.5) is 17.1 Å². The molecule has 10 aromatic rings. The predicted octanol–water partition coefficient (Wildman–Crippen LogP) is 14.6. The van der Waals surface area contributed by atoms with Crippen molar-refractivity contribution in [3.63, 3.8) is 0 Å². The van der Waals surface area contributed by atoms with Crippen molar-refractivity contribution in [2.45, 2.75) is 10.8 Å². The molecule has 1 heterocycles. The van der Waals surface area contributed by atoms with Crippen molar-refractivity contribution in [3.05, 3.63) is 281 Å². The van der Waals surface area contributed by atoms with Gasteiger partial charge in [0.15, 0.2) is 0 Å². The van der Waals surface area contributed by atoms with Crippen LogP contribution in [0, 0.1) is 0 Å². The summed E-state index contributed by atoms with van der Waals surface area (Å²) in [5.41, 5.74) is 18.1. The minimum Gasteiger partial charge on any atom is -0.464 e. The highest BCUT2D eigenvalue weighted by Gasteiger charge is 2.49. The summed E-state index contributed by atoms with van der Waals surface area (Å²) in [4.78, 5) is 2.50. The second kappa shape index (κ2) is 13.4. The molecule has 0 spiro atoms. The average molecular weight is 766 g/mol. The lowest BCUT2D eigenvalue weighted by Crippen LogP contribution is -2.31. The van der Waals surface area contributed by atoms with Crippen LogP contribution in [0.5, 0.6) is 0 Å². The van der Waals surface area contributed by atoms with Gasteiger partial charge in [-0.05, 0) is 104 Å². The molecule has 0 radical (unpaired) electrons. The lowest BCUT2D eigenvalue weighted by molar-refractivity contribution is 0.616.